The zero-order chi connectivity index (χ0) is 32.3. The number of rotatable bonds is 6. The molecule has 3 aromatic carbocycles. The van der Waals surface area contributed by atoms with Crippen molar-refractivity contribution in [2.75, 3.05) is 25.1 Å². The summed E-state index contributed by atoms with van der Waals surface area (Å²) in [7, 11) is 1.34. The number of esters is 1. The molecule has 1 aliphatic heterocycles. The minimum Gasteiger partial charge on any atom is -0.464 e. The predicted molar refractivity (Wildman–Crippen MR) is 178 cm³/mol. The zero-order valence-electron chi connectivity index (χ0n) is 26.7. The highest BCUT2D eigenvalue weighted by Crippen LogP contribution is 2.52. The highest BCUT2D eigenvalue weighted by Gasteiger charge is 2.49. The molecule has 1 N–H and O–H groups in total. The Kier molecular flexibility index (Phi) is 8.58. The molecule has 9 nitrogen and oxygen atoms in total. The number of anilines is 1. The molecule has 236 valence electrons. The predicted octanol–water partition coefficient (Wildman–Crippen LogP) is 6.84. The monoisotopic (exact) mass is 617 g/mol. The van der Waals surface area contributed by atoms with E-state index in [1.807, 2.05) is 93.6 Å². The average molecular weight is 618 g/mol. The van der Waals surface area contributed by atoms with Crippen LogP contribution in [0, 0.1) is 5.41 Å². The van der Waals surface area contributed by atoms with E-state index in [1.165, 1.54) is 18.9 Å². The first kappa shape index (κ1) is 31.0. The van der Waals surface area contributed by atoms with Gasteiger partial charge in [-0.1, -0.05) is 84.9 Å². The summed E-state index contributed by atoms with van der Waals surface area (Å²) in [4.78, 5) is 42.3. The third kappa shape index (κ3) is 6.49. The normalized spacial score (nSPS) is 16.8. The second kappa shape index (κ2) is 12.7. The number of nitrogens with one attached hydrogen (secondary N) is 1. The highest BCUT2D eigenvalue weighted by atomic mass is 16.6. The highest BCUT2D eigenvalue weighted by molar-refractivity contribution is 6.13. The third-order valence-corrected chi connectivity index (χ3v) is 8.68. The standard InChI is InChI=1S/C37H39N5O4/c1-36(2,3)46-35(44)41-32-28-18-12-11-17-27(28)23-37(32)19-21-42(22-20-37)33-31(34(43)45-4)38-24-29(40-33)39-30(25-13-7-5-8-14-25)26-15-9-6-10-16-26/h5-18,24,32H,19-23H2,1-4H3,(H,41,44)/t32-/m1/s1. The Morgan fingerprint density at radius 2 is 1.52 bits per heavy atom. The van der Waals surface area contributed by atoms with Gasteiger partial charge < -0.3 is 19.7 Å². The smallest absolute Gasteiger partial charge is 0.408 e. The molecule has 1 spiro atoms. The van der Waals surface area contributed by atoms with Gasteiger partial charge in [-0.2, -0.15) is 0 Å². The lowest BCUT2D eigenvalue weighted by molar-refractivity contribution is 0.0426. The van der Waals surface area contributed by atoms with E-state index in [2.05, 4.69) is 27.3 Å². The largest absolute Gasteiger partial charge is 0.464 e. The fraction of sp³-hybridized carbons (Fsp3) is 0.324. The number of benzene rings is 3. The Labute approximate surface area is 269 Å². The van der Waals surface area contributed by atoms with Gasteiger partial charge in [-0.3, -0.25) is 0 Å². The number of nitrogens with zero attached hydrogens (tertiary/aromatic N) is 4. The molecule has 1 saturated heterocycles. The first-order chi connectivity index (χ1) is 22.2. The third-order valence-electron chi connectivity index (χ3n) is 8.68. The van der Waals surface area contributed by atoms with Crippen LogP contribution in [0.4, 0.5) is 16.4 Å². The number of aromatic nitrogens is 2. The lowest BCUT2D eigenvalue weighted by atomic mass is 9.72. The van der Waals surface area contributed by atoms with Crippen LogP contribution in [0.5, 0.6) is 0 Å². The van der Waals surface area contributed by atoms with Crippen molar-refractivity contribution in [3.05, 3.63) is 119 Å². The fourth-order valence-electron chi connectivity index (χ4n) is 6.56. The van der Waals surface area contributed by atoms with E-state index in [0.29, 0.717) is 24.7 Å². The molecular formula is C37H39N5O4. The Balaban J connectivity index is 1.32. The maximum absolute atomic E-state index is 13.0. The Morgan fingerprint density at radius 3 is 2.13 bits per heavy atom. The first-order valence-electron chi connectivity index (χ1n) is 15.6. The van der Waals surface area contributed by atoms with Gasteiger partial charge in [-0.05, 0) is 51.2 Å². The molecule has 2 aliphatic rings. The molecule has 0 unspecified atom stereocenters. The summed E-state index contributed by atoms with van der Waals surface area (Å²) in [5.41, 5.74) is 4.34. The molecular weight excluding hydrogens is 578 g/mol. The average Bonchev–Trinajstić information content (AvgIpc) is 3.35. The van der Waals surface area contributed by atoms with Crippen molar-refractivity contribution < 1.29 is 19.1 Å². The number of alkyl carbamates (subject to hydrolysis) is 1. The fourth-order valence-corrected chi connectivity index (χ4v) is 6.56. The van der Waals surface area contributed by atoms with Gasteiger partial charge >= 0.3 is 12.1 Å². The molecule has 1 atom stereocenters. The van der Waals surface area contributed by atoms with Crippen molar-refractivity contribution >= 4 is 29.4 Å². The van der Waals surface area contributed by atoms with Crippen molar-refractivity contribution in [1.29, 1.82) is 0 Å². The van der Waals surface area contributed by atoms with Gasteiger partial charge in [0, 0.05) is 29.6 Å². The SMILES string of the molecule is COC(=O)c1ncc(N=C(c2ccccc2)c2ccccc2)nc1N1CCC2(CC1)Cc1ccccc1[C@H]2NC(=O)OC(C)(C)C. The van der Waals surface area contributed by atoms with Crippen LogP contribution in [-0.4, -0.2) is 53.5 Å². The topological polar surface area (TPSA) is 106 Å². The minimum absolute atomic E-state index is 0.150. The van der Waals surface area contributed by atoms with E-state index in [1.54, 1.807) is 0 Å². The summed E-state index contributed by atoms with van der Waals surface area (Å²) in [6, 6.07) is 28.0. The number of hydrogen-bond acceptors (Lipinski definition) is 8. The van der Waals surface area contributed by atoms with E-state index in [4.69, 9.17) is 19.5 Å². The van der Waals surface area contributed by atoms with Crippen LogP contribution < -0.4 is 10.2 Å². The van der Waals surface area contributed by atoms with E-state index in [-0.39, 0.29) is 17.2 Å². The first-order valence-corrected chi connectivity index (χ1v) is 15.6. The minimum atomic E-state index is -0.601. The van der Waals surface area contributed by atoms with Gasteiger partial charge in [0.15, 0.2) is 17.3 Å². The van der Waals surface area contributed by atoms with Crippen LogP contribution in [0.25, 0.3) is 0 Å². The number of aliphatic imine (C=N–C) groups is 1. The van der Waals surface area contributed by atoms with Crippen LogP contribution in [-0.2, 0) is 15.9 Å². The molecule has 46 heavy (non-hydrogen) atoms. The zero-order valence-corrected chi connectivity index (χ0v) is 26.7. The summed E-state index contributed by atoms with van der Waals surface area (Å²) >= 11 is 0. The van der Waals surface area contributed by atoms with Crippen molar-refractivity contribution in [2.45, 2.75) is 51.7 Å². The number of fused-ring (bicyclic) bond motifs is 1. The second-order valence-electron chi connectivity index (χ2n) is 12.9. The van der Waals surface area contributed by atoms with Crippen LogP contribution in [0.1, 0.15) is 72.4 Å². The number of carbonyl (C=O) groups excluding carboxylic acids is 2. The van der Waals surface area contributed by atoms with Gasteiger partial charge in [0.2, 0.25) is 0 Å². The summed E-state index contributed by atoms with van der Waals surface area (Å²) in [6.45, 7) is 6.81. The van der Waals surface area contributed by atoms with Crippen LogP contribution in [0.3, 0.4) is 0 Å². The number of ether oxygens (including phenoxy) is 2. The maximum atomic E-state index is 13.0. The molecule has 0 bridgehead atoms. The number of amides is 1. The van der Waals surface area contributed by atoms with Gasteiger partial charge in [-0.25, -0.2) is 24.5 Å². The second-order valence-corrected chi connectivity index (χ2v) is 12.9. The Bertz CT molecular complexity index is 1700. The van der Waals surface area contributed by atoms with Crippen LogP contribution in [0.15, 0.2) is 96.1 Å². The summed E-state index contributed by atoms with van der Waals surface area (Å²) in [5.74, 6) is 0.279. The Morgan fingerprint density at radius 1 is 0.913 bits per heavy atom. The summed E-state index contributed by atoms with van der Waals surface area (Å²) in [5, 5.41) is 3.21. The van der Waals surface area contributed by atoms with Crippen molar-refractivity contribution in [3.63, 3.8) is 0 Å². The van der Waals surface area contributed by atoms with Gasteiger partial charge in [0.1, 0.15) is 5.60 Å². The molecule has 4 aromatic rings. The van der Waals surface area contributed by atoms with Crippen molar-refractivity contribution in [2.24, 2.45) is 10.4 Å². The van der Waals surface area contributed by atoms with Crippen LogP contribution >= 0.6 is 0 Å². The Hall–Kier alpha value is -5.05. The quantitative estimate of drug-likeness (QED) is 0.187. The lowest BCUT2D eigenvalue weighted by Crippen LogP contribution is -2.48. The molecule has 1 amide bonds. The van der Waals surface area contributed by atoms with Crippen LogP contribution in [0.2, 0.25) is 0 Å². The number of piperidine rings is 1. The molecule has 0 radical (unpaired) electrons. The summed E-state index contributed by atoms with van der Waals surface area (Å²) in [6.07, 6.45) is 3.46. The molecule has 6 rings (SSSR count). The van der Waals surface area contributed by atoms with E-state index < -0.39 is 17.7 Å². The van der Waals surface area contributed by atoms with Gasteiger partial charge in [-0.15, -0.1) is 0 Å². The van der Waals surface area contributed by atoms with E-state index >= 15 is 0 Å². The van der Waals surface area contributed by atoms with Crippen molar-refractivity contribution in [3.8, 4) is 0 Å². The number of carbonyl (C=O) groups is 2. The van der Waals surface area contributed by atoms with E-state index in [9.17, 15) is 9.59 Å². The molecule has 9 heteroatoms. The molecule has 1 aromatic heterocycles. The number of hydrogen-bond donors (Lipinski definition) is 1. The molecule has 1 aliphatic carbocycles. The van der Waals surface area contributed by atoms with Gasteiger partial charge in [0.05, 0.1) is 25.1 Å². The molecule has 2 heterocycles. The number of methoxy groups -OCH3 is 1. The lowest BCUT2D eigenvalue weighted by Gasteiger charge is -2.44. The molecule has 1 fully saturated rings. The maximum Gasteiger partial charge on any atom is 0.408 e. The molecule has 0 saturated carbocycles. The van der Waals surface area contributed by atoms with Crippen molar-refractivity contribution in [1.82, 2.24) is 15.3 Å². The summed E-state index contributed by atoms with van der Waals surface area (Å²) < 4.78 is 10.8. The van der Waals surface area contributed by atoms with E-state index in [0.717, 1.165) is 41.7 Å². The van der Waals surface area contributed by atoms with Gasteiger partial charge in [0.25, 0.3) is 0 Å².